The van der Waals surface area contributed by atoms with Gasteiger partial charge in [0.05, 0.1) is 0 Å². The van der Waals surface area contributed by atoms with Gasteiger partial charge in [-0.1, -0.05) is 18.2 Å². The van der Waals surface area contributed by atoms with Crippen molar-refractivity contribution in [2.75, 3.05) is 11.9 Å². The van der Waals surface area contributed by atoms with E-state index < -0.39 is 0 Å². The van der Waals surface area contributed by atoms with Gasteiger partial charge in [-0.2, -0.15) is 0 Å². The molecule has 0 aliphatic rings. The minimum atomic E-state index is 0.955. The van der Waals surface area contributed by atoms with Crippen LogP contribution in [-0.4, -0.2) is 21.3 Å². The molecular formula is C12H16N4. The highest BCUT2D eigenvalue weighted by atomic mass is 15.2. The lowest BCUT2D eigenvalue weighted by Gasteiger charge is -2.05. The molecule has 2 rings (SSSR count). The minimum Gasteiger partial charge on any atom is -0.385 e. The van der Waals surface area contributed by atoms with E-state index in [0.717, 1.165) is 25.2 Å². The van der Waals surface area contributed by atoms with Crippen molar-refractivity contribution in [1.82, 2.24) is 14.8 Å². The molecule has 2 aromatic rings. The Hall–Kier alpha value is -1.84. The van der Waals surface area contributed by atoms with Crippen LogP contribution in [0, 0.1) is 0 Å². The van der Waals surface area contributed by atoms with Gasteiger partial charge in [0.25, 0.3) is 0 Å². The topological polar surface area (TPSA) is 42.7 Å². The van der Waals surface area contributed by atoms with E-state index in [2.05, 4.69) is 27.6 Å². The third-order valence-electron chi connectivity index (χ3n) is 2.49. The van der Waals surface area contributed by atoms with Gasteiger partial charge in [0.2, 0.25) is 0 Å². The Morgan fingerprint density at radius 2 is 2.06 bits per heavy atom. The average molecular weight is 216 g/mol. The summed E-state index contributed by atoms with van der Waals surface area (Å²) in [6.07, 6.45) is 3.75. The number of benzene rings is 1. The molecule has 1 aromatic carbocycles. The van der Waals surface area contributed by atoms with Gasteiger partial charge in [-0.3, -0.25) is 0 Å². The highest BCUT2D eigenvalue weighted by molar-refractivity contribution is 5.42. The maximum Gasteiger partial charge on any atom is 0.132 e. The first-order valence-electron chi connectivity index (χ1n) is 5.48. The molecule has 0 saturated carbocycles. The second-order valence-corrected chi connectivity index (χ2v) is 3.75. The van der Waals surface area contributed by atoms with Crippen LogP contribution in [0.5, 0.6) is 0 Å². The van der Waals surface area contributed by atoms with E-state index in [1.54, 1.807) is 6.33 Å². The molecule has 0 amide bonds. The summed E-state index contributed by atoms with van der Waals surface area (Å²) in [5, 5.41) is 11.3. The maximum atomic E-state index is 4.05. The zero-order valence-corrected chi connectivity index (χ0v) is 9.43. The van der Waals surface area contributed by atoms with Crippen LogP contribution in [0.25, 0.3) is 0 Å². The van der Waals surface area contributed by atoms with Crippen LogP contribution in [0.15, 0.2) is 36.7 Å². The van der Waals surface area contributed by atoms with Crippen molar-refractivity contribution in [2.45, 2.75) is 12.8 Å². The number of nitrogens with zero attached hydrogens (tertiary/aromatic N) is 3. The first-order chi connectivity index (χ1) is 7.86. The Labute approximate surface area is 95.3 Å². The van der Waals surface area contributed by atoms with E-state index in [0.29, 0.717) is 0 Å². The molecule has 0 aliphatic heterocycles. The molecule has 16 heavy (non-hydrogen) atoms. The van der Waals surface area contributed by atoms with Crippen molar-refractivity contribution >= 4 is 5.69 Å². The van der Waals surface area contributed by atoms with Crippen molar-refractivity contribution in [2.24, 2.45) is 7.05 Å². The minimum absolute atomic E-state index is 0.955. The number of anilines is 1. The largest absolute Gasteiger partial charge is 0.385 e. The van der Waals surface area contributed by atoms with Crippen LogP contribution in [0.3, 0.4) is 0 Å². The van der Waals surface area contributed by atoms with Crippen LogP contribution in [0.2, 0.25) is 0 Å². The molecule has 4 heteroatoms. The van der Waals surface area contributed by atoms with Crippen molar-refractivity contribution in [1.29, 1.82) is 0 Å². The lowest BCUT2D eigenvalue weighted by atomic mass is 10.2. The van der Waals surface area contributed by atoms with Gasteiger partial charge in [-0.15, -0.1) is 10.2 Å². The quantitative estimate of drug-likeness (QED) is 0.776. The zero-order valence-electron chi connectivity index (χ0n) is 9.43. The highest BCUT2D eigenvalue weighted by Crippen LogP contribution is 2.05. The third kappa shape index (κ3) is 2.82. The van der Waals surface area contributed by atoms with Gasteiger partial charge >= 0.3 is 0 Å². The Kier molecular flexibility index (Phi) is 3.53. The van der Waals surface area contributed by atoms with Crippen LogP contribution in [0.4, 0.5) is 5.69 Å². The molecule has 1 N–H and O–H groups in total. The molecule has 0 bridgehead atoms. The van der Waals surface area contributed by atoms with Gasteiger partial charge < -0.3 is 9.88 Å². The second kappa shape index (κ2) is 5.30. The van der Waals surface area contributed by atoms with Gasteiger partial charge in [-0.05, 0) is 18.6 Å². The van der Waals surface area contributed by atoms with Crippen LogP contribution < -0.4 is 5.32 Å². The molecule has 0 unspecified atom stereocenters. The van der Waals surface area contributed by atoms with Gasteiger partial charge in [-0.25, -0.2) is 0 Å². The fourth-order valence-electron chi connectivity index (χ4n) is 1.57. The summed E-state index contributed by atoms with van der Waals surface area (Å²) in [6, 6.07) is 10.2. The molecule has 1 aromatic heterocycles. The monoisotopic (exact) mass is 216 g/mol. The Bertz CT molecular complexity index is 422. The number of hydrogen-bond donors (Lipinski definition) is 1. The maximum absolute atomic E-state index is 4.05. The third-order valence-corrected chi connectivity index (χ3v) is 2.49. The lowest BCUT2D eigenvalue weighted by Crippen LogP contribution is -2.05. The van der Waals surface area contributed by atoms with E-state index >= 15 is 0 Å². The second-order valence-electron chi connectivity index (χ2n) is 3.75. The zero-order chi connectivity index (χ0) is 11.2. The van der Waals surface area contributed by atoms with E-state index in [1.165, 1.54) is 5.69 Å². The Balaban J connectivity index is 1.72. The van der Waals surface area contributed by atoms with Crippen molar-refractivity contribution < 1.29 is 0 Å². The number of hydrogen-bond acceptors (Lipinski definition) is 3. The molecule has 0 radical (unpaired) electrons. The smallest absolute Gasteiger partial charge is 0.132 e. The number of para-hydroxylation sites is 1. The van der Waals surface area contributed by atoms with Gasteiger partial charge in [0, 0.05) is 25.7 Å². The van der Waals surface area contributed by atoms with Crippen LogP contribution in [0.1, 0.15) is 12.2 Å². The molecule has 0 aliphatic carbocycles. The molecule has 0 fully saturated rings. The summed E-state index contributed by atoms with van der Waals surface area (Å²) >= 11 is 0. The van der Waals surface area contributed by atoms with E-state index in [1.807, 2.05) is 29.8 Å². The normalized spacial score (nSPS) is 10.3. The molecule has 4 nitrogen and oxygen atoms in total. The summed E-state index contributed by atoms with van der Waals surface area (Å²) in [6.45, 7) is 0.955. The summed E-state index contributed by atoms with van der Waals surface area (Å²) in [7, 11) is 1.97. The van der Waals surface area contributed by atoms with E-state index in [9.17, 15) is 0 Å². The first-order valence-corrected chi connectivity index (χ1v) is 5.48. The Morgan fingerprint density at radius 3 is 2.75 bits per heavy atom. The molecule has 0 saturated heterocycles. The summed E-state index contributed by atoms with van der Waals surface area (Å²) < 4.78 is 1.96. The average Bonchev–Trinajstić information content (AvgIpc) is 2.72. The number of aryl methyl sites for hydroxylation is 2. The Morgan fingerprint density at radius 1 is 1.25 bits per heavy atom. The van der Waals surface area contributed by atoms with E-state index in [-0.39, 0.29) is 0 Å². The highest BCUT2D eigenvalue weighted by Gasteiger charge is 1.99. The van der Waals surface area contributed by atoms with Gasteiger partial charge in [0.15, 0.2) is 0 Å². The summed E-state index contributed by atoms with van der Waals surface area (Å²) in [5.74, 6) is 1.04. The predicted octanol–water partition coefficient (Wildman–Crippen LogP) is 1.86. The fraction of sp³-hybridized carbons (Fsp3) is 0.333. The number of aromatic nitrogens is 3. The molecule has 0 spiro atoms. The van der Waals surface area contributed by atoms with Gasteiger partial charge in [0.1, 0.15) is 12.2 Å². The molecule has 84 valence electrons. The molecular weight excluding hydrogens is 200 g/mol. The molecule has 1 heterocycles. The molecule has 0 atom stereocenters. The standard InChI is InChI=1S/C12H16N4/c1-16-10-14-15-12(16)8-5-9-13-11-6-3-2-4-7-11/h2-4,6-7,10,13H,5,8-9H2,1H3. The van der Waals surface area contributed by atoms with E-state index in [4.69, 9.17) is 0 Å². The predicted molar refractivity (Wildman–Crippen MR) is 64.3 cm³/mol. The fourth-order valence-corrected chi connectivity index (χ4v) is 1.57. The summed E-state index contributed by atoms with van der Waals surface area (Å²) in [4.78, 5) is 0. The number of rotatable bonds is 5. The van der Waals surface area contributed by atoms with Crippen molar-refractivity contribution in [3.05, 3.63) is 42.5 Å². The van der Waals surface area contributed by atoms with Crippen molar-refractivity contribution in [3.63, 3.8) is 0 Å². The lowest BCUT2D eigenvalue weighted by molar-refractivity contribution is 0.740. The first kappa shape index (κ1) is 10.7. The summed E-state index contributed by atoms with van der Waals surface area (Å²) in [5.41, 5.74) is 1.17. The SMILES string of the molecule is Cn1cnnc1CCCNc1ccccc1. The van der Waals surface area contributed by atoms with Crippen molar-refractivity contribution in [3.8, 4) is 0 Å². The van der Waals surface area contributed by atoms with Crippen LogP contribution >= 0.6 is 0 Å². The van der Waals surface area contributed by atoms with Crippen LogP contribution in [-0.2, 0) is 13.5 Å². The number of nitrogens with one attached hydrogen (secondary N) is 1.